The van der Waals surface area contributed by atoms with Crippen LogP contribution < -0.4 is 10.1 Å². The molecule has 0 aliphatic carbocycles. The maximum absolute atomic E-state index is 5.32. The van der Waals surface area contributed by atoms with E-state index >= 15 is 0 Å². The molecule has 124 valence electrons. The summed E-state index contributed by atoms with van der Waals surface area (Å²) in [5, 5.41) is 6.58. The molecule has 0 saturated heterocycles. The molecule has 0 atom stereocenters. The van der Waals surface area contributed by atoms with E-state index in [1.807, 2.05) is 30.3 Å². The van der Waals surface area contributed by atoms with Gasteiger partial charge in [-0.1, -0.05) is 36.4 Å². The van der Waals surface area contributed by atoms with E-state index in [0.29, 0.717) is 12.4 Å². The summed E-state index contributed by atoms with van der Waals surface area (Å²) >= 11 is 1.62. The normalized spacial score (nSPS) is 10.8. The molecule has 0 amide bonds. The molecule has 0 unspecified atom stereocenters. The Hall–Kier alpha value is -2.99. The summed E-state index contributed by atoms with van der Waals surface area (Å²) in [7, 11) is 1.63. The van der Waals surface area contributed by atoms with Gasteiger partial charge in [-0.2, -0.15) is 0 Å². The standard InChI is InChI=1S/C19H16N4OS/c1-24-18-14(8-5-9-20-18)10-21-17-16-15(13-6-3-2-4-7-13)11-25-19(16)23-12-22-17/h2-9,11-12H,10H2,1H3,(H,21,22,23). The minimum absolute atomic E-state index is 0.577. The molecule has 0 aliphatic heterocycles. The largest absolute Gasteiger partial charge is 0.481 e. The number of pyridine rings is 1. The molecule has 0 spiro atoms. The lowest BCUT2D eigenvalue weighted by atomic mass is 10.1. The Morgan fingerprint density at radius 1 is 1.04 bits per heavy atom. The Morgan fingerprint density at radius 2 is 1.92 bits per heavy atom. The van der Waals surface area contributed by atoms with Crippen LogP contribution >= 0.6 is 11.3 Å². The van der Waals surface area contributed by atoms with Gasteiger partial charge in [-0.25, -0.2) is 15.0 Å². The van der Waals surface area contributed by atoms with Gasteiger partial charge in [-0.05, 0) is 11.6 Å². The fourth-order valence-electron chi connectivity index (χ4n) is 2.76. The van der Waals surface area contributed by atoms with Crippen molar-refractivity contribution in [2.45, 2.75) is 6.54 Å². The van der Waals surface area contributed by atoms with Crippen LogP contribution in [0.1, 0.15) is 5.56 Å². The molecule has 0 aliphatic rings. The number of rotatable bonds is 5. The zero-order valence-electron chi connectivity index (χ0n) is 13.6. The number of hydrogen-bond acceptors (Lipinski definition) is 6. The Kier molecular flexibility index (Phi) is 4.26. The van der Waals surface area contributed by atoms with Gasteiger partial charge in [0.1, 0.15) is 17.0 Å². The second-order valence-electron chi connectivity index (χ2n) is 5.44. The molecule has 25 heavy (non-hydrogen) atoms. The predicted octanol–water partition coefficient (Wildman–Crippen LogP) is 4.37. The molecule has 0 bridgehead atoms. The Balaban J connectivity index is 1.71. The van der Waals surface area contributed by atoms with Crippen molar-refractivity contribution < 1.29 is 4.74 Å². The van der Waals surface area contributed by atoms with Crippen molar-refractivity contribution in [3.63, 3.8) is 0 Å². The van der Waals surface area contributed by atoms with Gasteiger partial charge in [0.15, 0.2) is 0 Å². The molecule has 4 aromatic rings. The number of fused-ring (bicyclic) bond motifs is 1. The maximum Gasteiger partial charge on any atom is 0.218 e. The molecule has 0 saturated carbocycles. The third-order valence-corrected chi connectivity index (χ3v) is 4.83. The van der Waals surface area contributed by atoms with Crippen LogP contribution in [0.25, 0.3) is 21.3 Å². The lowest BCUT2D eigenvalue weighted by Gasteiger charge is -2.10. The number of aromatic nitrogens is 3. The predicted molar refractivity (Wildman–Crippen MR) is 101 cm³/mol. The molecular weight excluding hydrogens is 332 g/mol. The molecule has 3 heterocycles. The van der Waals surface area contributed by atoms with Gasteiger partial charge in [0, 0.05) is 29.2 Å². The zero-order valence-corrected chi connectivity index (χ0v) is 14.5. The van der Waals surface area contributed by atoms with Gasteiger partial charge in [-0.15, -0.1) is 11.3 Å². The topological polar surface area (TPSA) is 59.9 Å². The molecule has 6 heteroatoms. The van der Waals surface area contributed by atoms with Crippen LogP contribution in [0.5, 0.6) is 5.88 Å². The van der Waals surface area contributed by atoms with E-state index in [-0.39, 0.29) is 0 Å². The van der Waals surface area contributed by atoms with E-state index in [1.165, 1.54) is 0 Å². The highest BCUT2D eigenvalue weighted by Gasteiger charge is 2.13. The van der Waals surface area contributed by atoms with Crippen LogP contribution in [0.2, 0.25) is 0 Å². The van der Waals surface area contributed by atoms with Crippen molar-refractivity contribution in [1.82, 2.24) is 15.0 Å². The fourth-order valence-corrected chi connectivity index (χ4v) is 3.68. The van der Waals surface area contributed by atoms with Gasteiger partial charge >= 0.3 is 0 Å². The van der Waals surface area contributed by atoms with Crippen LogP contribution in [-0.4, -0.2) is 22.1 Å². The minimum Gasteiger partial charge on any atom is -0.481 e. The first kappa shape index (κ1) is 15.5. The smallest absolute Gasteiger partial charge is 0.218 e. The summed E-state index contributed by atoms with van der Waals surface area (Å²) in [4.78, 5) is 14.1. The molecule has 0 radical (unpaired) electrons. The first-order chi connectivity index (χ1) is 12.4. The molecule has 5 nitrogen and oxygen atoms in total. The van der Waals surface area contributed by atoms with Crippen molar-refractivity contribution >= 4 is 27.4 Å². The average molecular weight is 348 g/mol. The quantitative estimate of drug-likeness (QED) is 0.580. The third-order valence-electron chi connectivity index (χ3n) is 3.94. The second kappa shape index (κ2) is 6.86. The highest BCUT2D eigenvalue weighted by molar-refractivity contribution is 7.17. The number of ether oxygens (including phenoxy) is 1. The van der Waals surface area contributed by atoms with Crippen molar-refractivity contribution in [3.05, 3.63) is 65.9 Å². The second-order valence-corrected chi connectivity index (χ2v) is 6.30. The first-order valence-electron chi connectivity index (χ1n) is 7.86. The summed E-state index contributed by atoms with van der Waals surface area (Å²) < 4.78 is 5.32. The lowest BCUT2D eigenvalue weighted by Crippen LogP contribution is -2.04. The van der Waals surface area contributed by atoms with Crippen molar-refractivity contribution in [3.8, 4) is 17.0 Å². The summed E-state index contributed by atoms with van der Waals surface area (Å²) in [5.41, 5.74) is 3.28. The highest BCUT2D eigenvalue weighted by atomic mass is 32.1. The zero-order chi connectivity index (χ0) is 17.1. The van der Waals surface area contributed by atoms with Crippen LogP contribution in [0, 0.1) is 0 Å². The van der Waals surface area contributed by atoms with Crippen LogP contribution in [0.3, 0.4) is 0 Å². The number of thiophene rings is 1. The molecule has 1 aromatic carbocycles. The van der Waals surface area contributed by atoms with Crippen molar-refractivity contribution in [2.75, 3.05) is 12.4 Å². The molecule has 1 N–H and O–H groups in total. The summed E-state index contributed by atoms with van der Waals surface area (Å²) in [6.07, 6.45) is 3.31. The third kappa shape index (κ3) is 3.04. The van der Waals surface area contributed by atoms with Crippen LogP contribution in [0.4, 0.5) is 5.82 Å². The maximum atomic E-state index is 5.32. The van der Waals surface area contributed by atoms with E-state index in [4.69, 9.17) is 4.74 Å². The Labute approximate surface area is 149 Å². The number of anilines is 1. The lowest BCUT2D eigenvalue weighted by molar-refractivity contribution is 0.393. The number of nitrogens with one attached hydrogen (secondary N) is 1. The monoisotopic (exact) mass is 348 g/mol. The first-order valence-corrected chi connectivity index (χ1v) is 8.74. The summed E-state index contributed by atoms with van der Waals surface area (Å²) in [6.45, 7) is 0.577. The van der Waals surface area contributed by atoms with E-state index < -0.39 is 0 Å². The van der Waals surface area contributed by atoms with Crippen LogP contribution in [-0.2, 0) is 6.54 Å². The van der Waals surface area contributed by atoms with E-state index in [2.05, 4.69) is 37.8 Å². The Bertz CT molecular complexity index is 1000. The van der Waals surface area contributed by atoms with E-state index in [1.54, 1.807) is 31.0 Å². The molecule has 0 fully saturated rings. The fraction of sp³-hybridized carbons (Fsp3) is 0.105. The van der Waals surface area contributed by atoms with Crippen molar-refractivity contribution in [2.24, 2.45) is 0 Å². The minimum atomic E-state index is 0.577. The molecule has 4 rings (SSSR count). The number of benzene rings is 1. The van der Waals surface area contributed by atoms with Gasteiger partial charge < -0.3 is 10.1 Å². The van der Waals surface area contributed by atoms with Gasteiger partial charge in [0.2, 0.25) is 5.88 Å². The summed E-state index contributed by atoms with van der Waals surface area (Å²) in [5.74, 6) is 1.44. The molecule has 3 aromatic heterocycles. The van der Waals surface area contributed by atoms with Gasteiger partial charge in [-0.3, -0.25) is 0 Å². The number of hydrogen-bond donors (Lipinski definition) is 1. The number of nitrogens with zero attached hydrogens (tertiary/aromatic N) is 3. The SMILES string of the molecule is COc1ncccc1CNc1ncnc2scc(-c3ccccc3)c12. The van der Waals surface area contributed by atoms with Crippen LogP contribution in [0.15, 0.2) is 60.4 Å². The average Bonchev–Trinajstić information content (AvgIpc) is 3.12. The highest BCUT2D eigenvalue weighted by Crippen LogP contribution is 2.36. The van der Waals surface area contributed by atoms with Gasteiger partial charge in [0.05, 0.1) is 12.5 Å². The van der Waals surface area contributed by atoms with Gasteiger partial charge in [0.25, 0.3) is 0 Å². The molecular formula is C19H16N4OS. The number of methoxy groups -OCH3 is 1. The van der Waals surface area contributed by atoms with Crippen molar-refractivity contribution in [1.29, 1.82) is 0 Å². The van der Waals surface area contributed by atoms with E-state index in [0.717, 1.165) is 32.7 Å². The van der Waals surface area contributed by atoms with E-state index in [9.17, 15) is 0 Å². The summed E-state index contributed by atoms with van der Waals surface area (Å²) in [6, 6.07) is 14.2. The Morgan fingerprint density at radius 3 is 2.76 bits per heavy atom.